The SMILES string of the molecule is CC(C)C1Cc2ccccc2/C(N(N)C(C)C)=C(/N)C2=C1C=CCC2. The molecule has 0 saturated carbocycles. The van der Waals surface area contributed by atoms with E-state index in [9.17, 15) is 0 Å². The molecule has 3 nitrogen and oxygen atoms in total. The molecule has 25 heavy (non-hydrogen) atoms. The van der Waals surface area contributed by atoms with E-state index >= 15 is 0 Å². The predicted octanol–water partition coefficient (Wildman–Crippen LogP) is 4.37. The molecule has 0 aromatic heterocycles. The molecule has 134 valence electrons. The van der Waals surface area contributed by atoms with Crippen molar-refractivity contribution in [2.45, 2.75) is 53.0 Å². The van der Waals surface area contributed by atoms with E-state index in [1.165, 1.54) is 22.3 Å². The van der Waals surface area contributed by atoms with Crippen LogP contribution in [0.25, 0.3) is 5.70 Å². The second kappa shape index (κ2) is 7.09. The molecular weight excluding hydrogens is 306 g/mol. The van der Waals surface area contributed by atoms with E-state index in [0.717, 1.165) is 30.7 Å². The first-order valence-electron chi connectivity index (χ1n) is 9.43. The Hall–Kier alpha value is -2.00. The van der Waals surface area contributed by atoms with Gasteiger partial charge >= 0.3 is 0 Å². The first-order valence-corrected chi connectivity index (χ1v) is 9.43. The normalized spacial score (nSPS) is 23.4. The third-order valence-corrected chi connectivity index (χ3v) is 5.52. The molecule has 0 saturated heterocycles. The van der Waals surface area contributed by atoms with Crippen molar-refractivity contribution < 1.29 is 0 Å². The van der Waals surface area contributed by atoms with Gasteiger partial charge in [-0.1, -0.05) is 50.3 Å². The van der Waals surface area contributed by atoms with Gasteiger partial charge in [-0.3, -0.25) is 0 Å². The average Bonchev–Trinajstić information content (AvgIpc) is 2.59. The molecule has 1 aromatic rings. The highest BCUT2D eigenvalue weighted by Gasteiger charge is 2.30. The highest BCUT2D eigenvalue weighted by Crippen LogP contribution is 2.40. The van der Waals surface area contributed by atoms with Crippen LogP contribution in [0.4, 0.5) is 0 Å². The Morgan fingerprint density at radius 3 is 2.52 bits per heavy atom. The average molecular weight is 338 g/mol. The van der Waals surface area contributed by atoms with Crippen LogP contribution in [0.2, 0.25) is 0 Å². The van der Waals surface area contributed by atoms with Crippen molar-refractivity contribution >= 4 is 5.70 Å². The quantitative estimate of drug-likeness (QED) is 0.636. The molecule has 0 heterocycles. The Morgan fingerprint density at radius 1 is 1.12 bits per heavy atom. The molecule has 0 amide bonds. The van der Waals surface area contributed by atoms with Crippen LogP contribution >= 0.6 is 0 Å². The topological polar surface area (TPSA) is 55.3 Å². The lowest BCUT2D eigenvalue weighted by molar-refractivity contribution is 0.339. The van der Waals surface area contributed by atoms with Gasteiger partial charge in [0.25, 0.3) is 0 Å². The minimum atomic E-state index is 0.185. The molecule has 0 fully saturated rings. The van der Waals surface area contributed by atoms with Crippen molar-refractivity contribution in [2.24, 2.45) is 23.4 Å². The molecule has 2 aliphatic rings. The number of hydrogen-bond acceptors (Lipinski definition) is 3. The fourth-order valence-corrected chi connectivity index (χ4v) is 4.02. The molecule has 3 heteroatoms. The molecule has 3 rings (SSSR count). The summed E-state index contributed by atoms with van der Waals surface area (Å²) in [5.41, 5.74) is 13.8. The summed E-state index contributed by atoms with van der Waals surface area (Å²) in [6, 6.07) is 8.78. The summed E-state index contributed by atoms with van der Waals surface area (Å²) in [4.78, 5) is 0. The molecule has 0 bridgehead atoms. The van der Waals surface area contributed by atoms with Crippen molar-refractivity contribution in [3.63, 3.8) is 0 Å². The van der Waals surface area contributed by atoms with E-state index in [0.29, 0.717) is 11.8 Å². The lowest BCUT2D eigenvalue weighted by atomic mass is 9.75. The van der Waals surface area contributed by atoms with E-state index in [1.807, 2.05) is 5.01 Å². The van der Waals surface area contributed by atoms with Crippen LogP contribution in [0.3, 0.4) is 0 Å². The van der Waals surface area contributed by atoms with Gasteiger partial charge in [0.15, 0.2) is 0 Å². The third kappa shape index (κ3) is 3.25. The van der Waals surface area contributed by atoms with Crippen LogP contribution in [0.1, 0.15) is 51.7 Å². The van der Waals surface area contributed by atoms with Gasteiger partial charge in [0.2, 0.25) is 0 Å². The largest absolute Gasteiger partial charge is 0.397 e. The van der Waals surface area contributed by atoms with Crippen molar-refractivity contribution in [1.82, 2.24) is 5.01 Å². The van der Waals surface area contributed by atoms with Crippen molar-refractivity contribution in [3.8, 4) is 0 Å². The van der Waals surface area contributed by atoms with Crippen LogP contribution in [-0.2, 0) is 6.42 Å². The third-order valence-electron chi connectivity index (χ3n) is 5.52. The van der Waals surface area contributed by atoms with Gasteiger partial charge in [-0.25, -0.2) is 5.84 Å². The number of hydrogen-bond donors (Lipinski definition) is 2. The molecule has 0 radical (unpaired) electrons. The number of hydrazine groups is 1. The summed E-state index contributed by atoms with van der Waals surface area (Å²) in [6.07, 6.45) is 7.67. The molecule has 1 atom stereocenters. The lowest BCUT2D eigenvalue weighted by Gasteiger charge is -2.35. The first-order chi connectivity index (χ1) is 11.9. The maximum atomic E-state index is 6.79. The Bertz CT molecular complexity index is 737. The Labute approximate surface area is 152 Å². The fourth-order valence-electron chi connectivity index (χ4n) is 4.02. The molecule has 1 aromatic carbocycles. The van der Waals surface area contributed by atoms with Crippen molar-refractivity contribution in [1.29, 1.82) is 0 Å². The number of allylic oxidation sites excluding steroid dienone is 4. The van der Waals surface area contributed by atoms with Gasteiger partial charge in [-0.05, 0) is 61.7 Å². The summed E-state index contributed by atoms with van der Waals surface area (Å²) >= 11 is 0. The fraction of sp³-hybridized carbons (Fsp3) is 0.455. The maximum Gasteiger partial charge on any atom is 0.0827 e. The van der Waals surface area contributed by atoms with E-state index in [4.69, 9.17) is 11.6 Å². The number of nitrogens with two attached hydrogens (primary N) is 2. The predicted molar refractivity (Wildman–Crippen MR) is 106 cm³/mol. The molecule has 0 aliphatic heterocycles. The van der Waals surface area contributed by atoms with Gasteiger partial charge < -0.3 is 10.7 Å². The molecule has 4 N–H and O–H groups in total. The van der Waals surface area contributed by atoms with E-state index in [1.54, 1.807) is 0 Å². The second-order valence-electron chi connectivity index (χ2n) is 7.85. The Balaban J connectivity index is 2.31. The molecule has 0 spiro atoms. The minimum Gasteiger partial charge on any atom is -0.397 e. The van der Waals surface area contributed by atoms with E-state index < -0.39 is 0 Å². The minimum absolute atomic E-state index is 0.185. The van der Waals surface area contributed by atoms with Crippen LogP contribution < -0.4 is 11.6 Å². The Morgan fingerprint density at radius 2 is 1.84 bits per heavy atom. The highest BCUT2D eigenvalue weighted by molar-refractivity contribution is 5.74. The van der Waals surface area contributed by atoms with Gasteiger partial charge in [0, 0.05) is 11.6 Å². The van der Waals surface area contributed by atoms with Crippen LogP contribution in [0.5, 0.6) is 0 Å². The van der Waals surface area contributed by atoms with Crippen LogP contribution in [0.15, 0.2) is 53.3 Å². The van der Waals surface area contributed by atoms with Gasteiger partial charge in [-0.15, -0.1) is 0 Å². The van der Waals surface area contributed by atoms with E-state index in [2.05, 4.69) is 64.1 Å². The molecular formula is C22H31N3. The van der Waals surface area contributed by atoms with Gasteiger partial charge in [0.05, 0.1) is 11.4 Å². The first kappa shape index (κ1) is 17.8. The summed E-state index contributed by atoms with van der Waals surface area (Å²) in [7, 11) is 0. The summed E-state index contributed by atoms with van der Waals surface area (Å²) in [5.74, 6) is 7.54. The summed E-state index contributed by atoms with van der Waals surface area (Å²) in [6.45, 7) is 8.83. The lowest BCUT2D eigenvalue weighted by Crippen LogP contribution is -2.38. The van der Waals surface area contributed by atoms with Crippen molar-refractivity contribution in [2.75, 3.05) is 0 Å². The summed E-state index contributed by atoms with van der Waals surface area (Å²) < 4.78 is 0. The van der Waals surface area contributed by atoms with Gasteiger partial charge in [-0.2, -0.15) is 0 Å². The van der Waals surface area contributed by atoms with Gasteiger partial charge in [0.1, 0.15) is 0 Å². The van der Waals surface area contributed by atoms with E-state index in [-0.39, 0.29) is 6.04 Å². The molecule has 1 unspecified atom stereocenters. The number of fused-ring (bicyclic) bond motifs is 1. The second-order valence-corrected chi connectivity index (χ2v) is 7.85. The zero-order valence-corrected chi connectivity index (χ0v) is 15.9. The zero-order valence-electron chi connectivity index (χ0n) is 15.9. The highest BCUT2D eigenvalue weighted by atomic mass is 15.4. The Kier molecular flexibility index (Phi) is 5.05. The van der Waals surface area contributed by atoms with Crippen LogP contribution in [0, 0.1) is 11.8 Å². The number of benzene rings is 1. The maximum absolute atomic E-state index is 6.79. The smallest absolute Gasteiger partial charge is 0.0827 e. The monoisotopic (exact) mass is 337 g/mol. The number of rotatable bonds is 3. The van der Waals surface area contributed by atoms with Crippen molar-refractivity contribution in [3.05, 3.63) is 64.4 Å². The van der Waals surface area contributed by atoms with Crippen LogP contribution in [-0.4, -0.2) is 11.1 Å². The standard InChI is InChI=1S/C22H31N3/c1-14(2)20-13-16-9-5-6-10-17(16)22(25(24)15(3)4)21(23)19-12-8-7-11-18(19)20/h5-7,9-11,14-15,20H,8,12-13,23-24H2,1-4H3/b22-21-. The molecule has 2 aliphatic carbocycles. The number of nitrogens with zero attached hydrogens (tertiary/aromatic N) is 1. The summed E-state index contributed by atoms with van der Waals surface area (Å²) in [5, 5.41) is 1.84. The zero-order chi connectivity index (χ0) is 18.1.